The van der Waals surface area contributed by atoms with Crippen LogP contribution in [0.1, 0.15) is 11.4 Å². The Labute approximate surface area is 136 Å². The second kappa shape index (κ2) is 6.31. The van der Waals surface area contributed by atoms with Crippen molar-refractivity contribution < 1.29 is 9.59 Å². The molecule has 2 aliphatic rings. The third kappa shape index (κ3) is 3.39. The summed E-state index contributed by atoms with van der Waals surface area (Å²) in [6, 6.07) is 1.96. The number of piperazine rings is 1. The highest BCUT2D eigenvalue weighted by molar-refractivity contribution is 5.84. The van der Waals surface area contributed by atoms with E-state index in [4.69, 9.17) is 0 Å². The van der Waals surface area contributed by atoms with Crippen molar-refractivity contribution in [3.05, 3.63) is 17.5 Å². The van der Waals surface area contributed by atoms with Gasteiger partial charge < -0.3 is 14.7 Å². The number of aromatic nitrogens is 2. The highest BCUT2D eigenvalue weighted by Gasteiger charge is 2.38. The van der Waals surface area contributed by atoms with Gasteiger partial charge in [-0.15, -0.1) is 0 Å². The molecule has 0 spiro atoms. The standard InChI is InChI=1S/C16H25N5O2/c1-12-8-13(2)21(17-12)11-15(22)20-9-14(10-20)16(23)19-6-4-18(3)5-7-19/h8,14H,4-7,9-11H2,1-3H3. The first kappa shape index (κ1) is 16.0. The molecule has 0 radical (unpaired) electrons. The van der Waals surface area contributed by atoms with Crippen molar-refractivity contribution in [3.63, 3.8) is 0 Å². The van der Waals surface area contributed by atoms with E-state index >= 15 is 0 Å². The van der Waals surface area contributed by atoms with Gasteiger partial charge in [-0.2, -0.15) is 5.10 Å². The van der Waals surface area contributed by atoms with E-state index in [9.17, 15) is 9.59 Å². The molecule has 0 atom stereocenters. The Balaban J connectivity index is 1.47. The number of carbonyl (C=O) groups excluding carboxylic acids is 2. The summed E-state index contributed by atoms with van der Waals surface area (Å²) in [6.07, 6.45) is 0. The fraction of sp³-hybridized carbons (Fsp3) is 0.688. The minimum atomic E-state index is -0.0252. The molecule has 7 nitrogen and oxygen atoms in total. The van der Waals surface area contributed by atoms with Crippen molar-refractivity contribution in [3.8, 4) is 0 Å². The molecule has 0 N–H and O–H groups in total. The summed E-state index contributed by atoms with van der Waals surface area (Å²) in [5.74, 6) is 0.217. The quantitative estimate of drug-likeness (QED) is 0.770. The average molecular weight is 319 g/mol. The van der Waals surface area contributed by atoms with E-state index in [1.165, 1.54) is 0 Å². The molecular weight excluding hydrogens is 294 g/mol. The molecule has 3 heterocycles. The van der Waals surface area contributed by atoms with E-state index in [-0.39, 0.29) is 24.3 Å². The predicted octanol–water partition coefficient (Wildman–Crippen LogP) is -0.268. The first-order valence-electron chi connectivity index (χ1n) is 8.20. The lowest BCUT2D eigenvalue weighted by molar-refractivity contribution is -0.149. The third-order valence-electron chi connectivity index (χ3n) is 4.79. The van der Waals surface area contributed by atoms with Crippen molar-refractivity contribution in [1.29, 1.82) is 0 Å². The number of amides is 2. The molecule has 1 aromatic rings. The molecule has 2 fully saturated rings. The summed E-state index contributed by atoms with van der Waals surface area (Å²) in [6.45, 7) is 8.67. The SMILES string of the molecule is Cc1cc(C)n(CC(=O)N2CC(C(=O)N3CCN(C)CC3)C2)n1. The molecule has 2 amide bonds. The number of rotatable bonds is 3. The molecule has 0 aromatic carbocycles. The van der Waals surface area contributed by atoms with Crippen molar-refractivity contribution >= 4 is 11.8 Å². The van der Waals surface area contributed by atoms with Crippen molar-refractivity contribution in [2.24, 2.45) is 5.92 Å². The molecule has 0 aliphatic carbocycles. The average Bonchev–Trinajstić information content (AvgIpc) is 2.75. The largest absolute Gasteiger partial charge is 0.340 e. The maximum atomic E-state index is 12.4. The molecular formula is C16H25N5O2. The van der Waals surface area contributed by atoms with E-state index in [0.29, 0.717) is 13.1 Å². The fourth-order valence-electron chi connectivity index (χ4n) is 3.19. The van der Waals surface area contributed by atoms with Crippen LogP contribution in [0.5, 0.6) is 0 Å². The van der Waals surface area contributed by atoms with Gasteiger partial charge in [0.15, 0.2) is 0 Å². The monoisotopic (exact) mass is 319 g/mol. The van der Waals surface area contributed by atoms with Gasteiger partial charge in [0, 0.05) is 45.0 Å². The third-order valence-corrected chi connectivity index (χ3v) is 4.79. The lowest BCUT2D eigenvalue weighted by Gasteiger charge is -2.42. The van der Waals surface area contributed by atoms with Gasteiger partial charge in [0.2, 0.25) is 11.8 Å². The molecule has 3 rings (SSSR count). The topological polar surface area (TPSA) is 61.7 Å². The summed E-state index contributed by atoms with van der Waals surface area (Å²) < 4.78 is 1.73. The zero-order chi connectivity index (χ0) is 16.6. The molecule has 126 valence electrons. The Hall–Kier alpha value is -1.89. The van der Waals surface area contributed by atoms with Gasteiger partial charge in [0.25, 0.3) is 0 Å². The smallest absolute Gasteiger partial charge is 0.244 e. The highest BCUT2D eigenvalue weighted by atomic mass is 16.2. The number of likely N-dealkylation sites (tertiary alicyclic amines) is 1. The normalized spacial score (nSPS) is 19.8. The molecule has 2 saturated heterocycles. The molecule has 0 saturated carbocycles. The Bertz CT molecular complexity index is 598. The van der Waals surface area contributed by atoms with Crippen LogP contribution >= 0.6 is 0 Å². The minimum absolute atomic E-state index is 0.0252. The molecule has 0 unspecified atom stereocenters. The van der Waals surface area contributed by atoms with Crippen molar-refractivity contribution in [1.82, 2.24) is 24.5 Å². The highest BCUT2D eigenvalue weighted by Crippen LogP contribution is 2.20. The lowest BCUT2D eigenvalue weighted by Crippen LogP contribution is -2.59. The van der Waals surface area contributed by atoms with Gasteiger partial charge >= 0.3 is 0 Å². The molecule has 23 heavy (non-hydrogen) atoms. The van der Waals surface area contributed by atoms with Gasteiger partial charge in [-0.05, 0) is 27.0 Å². The van der Waals surface area contributed by atoms with Crippen LogP contribution in [0.2, 0.25) is 0 Å². The van der Waals surface area contributed by atoms with Crippen molar-refractivity contribution in [2.45, 2.75) is 20.4 Å². The number of carbonyl (C=O) groups is 2. The van der Waals surface area contributed by atoms with Crippen LogP contribution in [0.15, 0.2) is 6.07 Å². The van der Waals surface area contributed by atoms with Gasteiger partial charge in [-0.3, -0.25) is 14.3 Å². The van der Waals surface area contributed by atoms with Gasteiger partial charge in [0.05, 0.1) is 11.6 Å². The maximum absolute atomic E-state index is 12.4. The van der Waals surface area contributed by atoms with Crippen molar-refractivity contribution in [2.75, 3.05) is 46.3 Å². The number of hydrogen-bond donors (Lipinski definition) is 0. The number of likely N-dealkylation sites (N-methyl/N-ethyl adjacent to an activating group) is 1. The minimum Gasteiger partial charge on any atom is -0.340 e. The Morgan fingerprint density at radius 2 is 1.78 bits per heavy atom. The van der Waals surface area contributed by atoms with Crippen LogP contribution in [0, 0.1) is 19.8 Å². The Morgan fingerprint density at radius 1 is 1.13 bits per heavy atom. The van der Waals surface area contributed by atoms with Gasteiger partial charge in [-0.1, -0.05) is 0 Å². The van der Waals surface area contributed by atoms with Crippen LogP contribution in [0.25, 0.3) is 0 Å². The predicted molar refractivity (Wildman–Crippen MR) is 85.8 cm³/mol. The van der Waals surface area contributed by atoms with Gasteiger partial charge in [0.1, 0.15) is 6.54 Å². The maximum Gasteiger partial charge on any atom is 0.244 e. The number of aryl methyl sites for hydroxylation is 2. The first-order chi connectivity index (χ1) is 10.9. The molecule has 0 bridgehead atoms. The van der Waals surface area contributed by atoms with Crippen LogP contribution in [0.4, 0.5) is 0 Å². The van der Waals surface area contributed by atoms with Crippen LogP contribution in [-0.2, 0) is 16.1 Å². The summed E-state index contributed by atoms with van der Waals surface area (Å²) >= 11 is 0. The lowest BCUT2D eigenvalue weighted by atomic mass is 9.98. The van der Waals surface area contributed by atoms with Gasteiger partial charge in [-0.25, -0.2) is 0 Å². The van der Waals surface area contributed by atoms with Crippen LogP contribution in [-0.4, -0.2) is 82.6 Å². The summed E-state index contributed by atoms with van der Waals surface area (Å²) in [5, 5.41) is 4.32. The van der Waals surface area contributed by atoms with E-state index in [1.54, 1.807) is 9.58 Å². The number of hydrogen-bond acceptors (Lipinski definition) is 4. The van der Waals surface area contributed by atoms with E-state index < -0.39 is 0 Å². The second-order valence-electron chi connectivity index (χ2n) is 6.71. The van der Waals surface area contributed by atoms with E-state index in [1.807, 2.05) is 24.8 Å². The van der Waals surface area contributed by atoms with E-state index in [2.05, 4.69) is 17.0 Å². The fourth-order valence-corrected chi connectivity index (χ4v) is 3.19. The van der Waals surface area contributed by atoms with E-state index in [0.717, 1.165) is 37.6 Å². The molecule has 2 aliphatic heterocycles. The summed E-state index contributed by atoms with van der Waals surface area (Å²) in [5.41, 5.74) is 1.91. The Morgan fingerprint density at radius 3 is 2.35 bits per heavy atom. The van der Waals surface area contributed by atoms with Crippen LogP contribution < -0.4 is 0 Å². The second-order valence-corrected chi connectivity index (χ2v) is 6.71. The number of nitrogens with zero attached hydrogens (tertiary/aromatic N) is 5. The zero-order valence-electron chi connectivity index (χ0n) is 14.2. The summed E-state index contributed by atoms with van der Waals surface area (Å²) in [7, 11) is 2.07. The summed E-state index contributed by atoms with van der Waals surface area (Å²) in [4.78, 5) is 30.6. The Kier molecular flexibility index (Phi) is 4.39. The molecule has 7 heteroatoms. The first-order valence-corrected chi connectivity index (χ1v) is 8.20. The molecule has 1 aromatic heterocycles. The zero-order valence-corrected chi connectivity index (χ0v) is 14.2. The van der Waals surface area contributed by atoms with Crippen LogP contribution in [0.3, 0.4) is 0 Å².